The second kappa shape index (κ2) is 3.99. The van der Waals surface area contributed by atoms with Crippen molar-refractivity contribution in [2.75, 3.05) is 0 Å². The van der Waals surface area contributed by atoms with Gasteiger partial charge >= 0.3 is 0 Å². The van der Waals surface area contributed by atoms with Gasteiger partial charge in [-0.1, -0.05) is 0 Å². The van der Waals surface area contributed by atoms with Crippen molar-refractivity contribution in [1.82, 2.24) is 0 Å². The fourth-order valence-corrected chi connectivity index (χ4v) is 2.00. The molecule has 86 valence electrons. The maximum absolute atomic E-state index is 11.1. The van der Waals surface area contributed by atoms with E-state index < -0.39 is 19.8 Å². The standard InChI is InChI=1S/C8H8N2O5S/c1-5-2-8(16(9,14)15)6(4-11)3-7(5)10(12)13/h2-4H,1H3,(H2,9,14,15). The van der Waals surface area contributed by atoms with Crippen LogP contribution >= 0.6 is 0 Å². The molecule has 0 saturated carbocycles. The summed E-state index contributed by atoms with van der Waals surface area (Å²) in [5.41, 5.74) is -0.520. The third-order valence-corrected chi connectivity index (χ3v) is 2.93. The van der Waals surface area contributed by atoms with Crippen molar-refractivity contribution in [1.29, 1.82) is 0 Å². The Labute approximate surface area is 91.1 Å². The summed E-state index contributed by atoms with van der Waals surface area (Å²) in [7, 11) is -4.06. The van der Waals surface area contributed by atoms with Gasteiger partial charge in [0.05, 0.1) is 9.82 Å². The number of nitrogens with zero attached hydrogens (tertiary/aromatic N) is 1. The average molecular weight is 244 g/mol. The molecule has 1 aromatic rings. The first-order chi connectivity index (χ1) is 7.27. The van der Waals surface area contributed by atoms with Crippen LogP contribution in [0.5, 0.6) is 0 Å². The Morgan fingerprint density at radius 1 is 1.44 bits per heavy atom. The summed E-state index contributed by atoms with van der Waals surface area (Å²) in [6, 6.07) is 1.90. The first kappa shape index (κ1) is 12.3. The molecule has 0 aliphatic rings. The number of hydrogen-bond acceptors (Lipinski definition) is 5. The van der Waals surface area contributed by atoms with Gasteiger partial charge in [-0.15, -0.1) is 0 Å². The van der Waals surface area contributed by atoms with Gasteiger partial charge in [-0.05, 0) is 13.0 Å². The first-order valence-corrected chi connectivity index (χ1v) is 5.59. The van der Waals surface area contributed by atoms with E-state index >= 15 is 0 Å². The molecule has 1 aromatic carbocycles. The molecule has 0 radical (unpaired) electrons. The number of nitrogens with two attached hydrogens (primary N) is 1. The van der Waals surface area contributed by atoms with Crippen molar-refractivity contribution < 1.29 is 18.1 Å². The second-order valence-electron chi connectivity index (χ2n) is 3.10. The molecular formula is C8H8N2O5S. The molecule has 2 N–H and O–H groups in total. The van der Waals surface area contributed by atoms with Crippen LogP contribution in [0.2, 0.25) is 0 Å². The Kier molecular flexibility index (Phi) is 3.06. The highest BCUT2D eigenvalue weighted by molar-refractivity contribution is 7.89. The molecule has 0 aromatic heterocycles. The number of hydrogen-bond donors (Lipinski definition) is 1. The number of carbonyl (C=O) groups excluding carboxylic acids is 1. The molecule has 7 nitrogen and oxygen atoms in total. The van der Waals surface area contributed by atoms with E-state index in [4.69, 9.17) is 5.14 Å². The maximum atomic E-state index is 11.1. The molecule has 0 heterocycles. The highest BCUT2D eigenvalue weighted by Gasteiger charge is 2.20. The van der Waals surface area contributed by atoms with Crippen LogP contribution in [-0.4, -0.2) is 19.6 Å². The van der Waals surface area contributed by atoms with Crippen LogP contribution in [0.15, 0.2) is 17.0 Å². The van der Waals surface area contributed by atoms with Crippen molar-refractivity contribution >= 4 is 22.0 Å². The van der Waals surface area contributed by atoms with Gasteiger partial charge in [-0.25, -0.2) is 13.6 Å². The third kappa shape index (κ3) is 2.23. The number of primary sulfonamides is 1. The summed E-state index contributed by atoms with van der Waals surface area (Å²) >= 11 is 0. The number of nitro benzene ring substituents is 1. The Hall–Kier alpha value is -1.80. The fourth-order valence-electron chi connectivity index (χ4n) is 1.22. The van der Waals surface area contributed by atoms with Crippen LogP contribution in [0.1, 0.15) is 15.9 Å². The Bertz CT molecular complexity index is 564. The van der Waals surface area contributed by atoms with Gasteiger partial charge in [0.25, 0.3) is 5.69 Å². The van der Waals surface area contributed by atoms with E-state index in [0.717, 1.165) is 12.1 Å². The summed E-state index contributed by atoms with van der Waals surface area (Å²) in [6.45, 7) is 1.36. The van der Waals surface area contributed by atoms with Crippen LogP contribution in [0.25, 0.3) is 0 Å². The zero-order valence-corrected chi connectivity index (χ0v) is 9.02. The predicted molar refractivity (Wildman–Crippen MR) is 54.6 cm³/mol. The van der Waals surface area contributed by atoms with E-state index in [1.807, 2.05) is 0 Å². The number of aryl methyl sites for hydroxylation is 1. The first-order valence-electron chi connectivity index (χ1n) is 4.04. The molecule has 0 aliphatic heterocycles. The van der Waals surface area contributed by atoms with E-state index in [0.29, 0.717) is 0 Å². The van der Waals surface area contributed by atoms with E-state index in [1.165, 1.54) is 6.92 Å². The molecule has 0 atom stereocenters. The Balaban J connectivity index is 3.63. The van der Waals surface area contributed by atoms with E-state index in [9.17, 15) is 23.3 Å². The van der Waals surface area contributed by atoms with Crippen molar-refractivity contribution in [2.24, 2.45) is 5.14 Å². The Morgan fingerprint density at radius 2 is 2.00 bits per heavy atom. The number of rotatable bonds is 3. The second-order valence-corrected chi connectivity index (χ2v) is 4.63. The summed E-state index contributed by atoms with van der Waals surface area (Å²) in [5.74, 6) is 0. The van der Waals surface area contributed by atoms with E-state index in [2.05, 4.69) is 0 Å². The number of carbonyl (C=O) groups is 1. The lowest BCUT2D eigenvalue weighted by Crippen LogP contribution is -2.15. The topological polar surface area (TPSA) is 120 Å². The number of benzene rings is 1. The normalized spacial score (nSPS) is 11.1. The molecular weight excluding hydrogens is 236 g/mol. The minimum atomic E-state index is -4.06. The van der Waals surface area contributed by atoms with Gasteiger partial charge in [-0.3, -0.25) is 14.9 Å². The maximum Gasteiger partial charge on any atom is 0.273 e. The molecule has 1 rings (SSSR count). The van der Waals surface area contributed by atoms with Gasteiger partial charge in [0.1, 0.15) is 0 Å². The van der Waals surface area contributed by atoms with Crippen LogP contribution < -0.4 is 5.14 Å². The molecule has 0 bridgehead atoms. The molecule has 0 saturated heterocycles. The van der Waals surface area contributed by atoms with Gasteiger partial charge < -0.3 is 0 Å². The lowest BCUT2D eigenvalue weighted by Gasteiger charge is -2.04. The molecule has 0 fully saturated rings. The van der Waals surface area contributed by atoms with Crippen LogP contribution in [0, 0.1) is 17.0 Å². The summed E-state index contributed by atoms with van der Waals surface area (Å²) in [4.78, 5) is 20.1. The fraction of sp³-hybridized carbons (Fsp3) is 0.125. The summed E-state index contributed by atoms with van der Waals surface area (Å²) < 4.78 is 22.2. The van der Waals surface area contributed by atoms with Gasteiger partial charge in [-0.2, -0.15) is 0 Å². The van der Waals surface area contributed by atoms with E-state index in [-0.39, 0.29) is 23.1 Å². The predicted octanol–water partition coefficient (Wildman–Crippen LogP) is 0.363. The molecule has 0 amide bonds. The van der Waals surface area contributed by atoms with Gasteiger partial charge in [0.2, 0.25) is 10.0 Å². The number of aldehydes is 1. The minimum Gasteiger partial charge on any atom is -0.298 e. The number of sulfonamides is 1. The average Bonchev–Trinajstić information content (AvgIpc) is 2.15. The smallest absolute Gasteiger partial charge is 0.273 e. The minimum absolute atomic E-state index is 0.125. The zero-order valence-electron chi connectivity index (χ0n) is 8.21. The van der Waals surface area contributed by atoms with Crippen molar-refractivity contribution in [3.05, 3.63) is 33.4 Å². The largest absolute Gasteiger partial charge is 0.298 e. The van der Waals surface area contributed by atoms with E-state index in [1.54, 1.807) is 0 Å². The van der Waals surface area contributed by atoms with Crippen LogP contribution in [0.3, 0.4) is 0 Å². The quantitative estimate of drug-likeness (QED) is 0.467. The third-order valence-electron chi connectivity index (χ3n) is 1.96. The molecule has 0 unspecified atom stereocenters. The number of nitro groups is 1. The molecule has 0 aliphatic carbocycles. The molecule has 0 spiro atoms. The monoisotopic (exact) mass is 244 g/mol. The van der Waals surface area contributed by atoms with Crippen molar-refractivity contribution in [2.45, 2.75) is 11.8 Å². The summed E-state index contributed by atoms with van der Waals surface area (Å²) in [6.07, 6.45) is 0.214. The van der Waals surface area contributed by atoms with Gasteiger partial charge in [0, 0.05) is 17.2 Å². The summed E-state index contributed by atoms with van der Waals surface area (Å²) in [5, 5.41) is 15.4. The van der Waals surface area contributed by atoms with Crippen LogP contribution in [0.4, 0.5) is 5.69 Å². The highest BCUT2D eigenvalue weighted by atomic mass is 32.2. The van der Waals surface area contributed by atoms with Crippen LogP contribution in [-0.2, 0) is 10.0 Å². The lowest BCUT2D eigenvalue weighted by molar-refractivity contribution is -0.385. The zero-order chi connectivity index (χ0) is 12.5. The van der Waals surface area contributed by atoms with Gasteiger partial charge in [0.15, 0.2) is 6.29 Å². The highest BCUT2D eigenvalue weighted by Crippen LogP contribution is 2.24. The Morgan fingerprint density at radius 3 is 2.38 bits per heavy atom. The lowest BCUT2D eigenvalue weighted by atomic mass is 10.1. The van der Waals surface area contributed by atoms with Crippen molar-refractivity contribution in [3.8, 4) is 0 Å². The van der Waals surface area contributed by atoms with Crippen molar-refractivity contribution in [3.63, 3.8) is 0 Å². The SMILES string of the molecule is Cc1cc(S(N)(=O)=O)c(C=O)cc1[N+](=O)[O-]. The molecule has 16 heavy (non-hydrogen) atoms. The molecule has 8 heteroatoms.